The quantitative estimate of drug-likeness (QED) is 0.920. The number of hydrogen-bond acceptors (Lipinski definition) is 4. The van der Waals surface area contributed by atoms with Crippen LogP contribution in [0, 0.1) is 5.82 Å². The second-order valence-electron chi connectivity index (χ2n) is 3.35. The van der Waals surface area contributed by atoms with Crippen LogP contribution in [-0.4, -0.2) is 9.59 Å². The van der Waals surface area contributed by atoms with E-state index in [1.54, 1.807) is 17.5 Å². The van der Waals surface area contributed by atoms with E-state index in [1.807, 2.05) is 0 Å². The average Bonchev–Trinajstić information content (AvgIpc) is 2.78. The van der Waals surface area contributed by atoms with E-state index in [0.29, 0.717) is 17.7 Å². The standard InChI is InChI=1S/C10H9ClFN3S/c11-7-3-1-2-6(10(7)12)4-8(13)9-5-16-15-14-9/h1-3,5,8H,4,13H2. The molecule has 0 spiro atoms. The molecule has 2 N–H and O–H groups in total. The molecule has 16 heavy (non-hydrogen) atoms. The van der Waals surface area contributed by atoms with Gasteiger partial charge >= 0.3 is 0 Å². The molecular weight excluding hydrogens is 249 g/mol. The van der Waals surface area contributed by atoms with Crippen LogP contribution < -0.4 is 5.73 Å². The van der Waals surface area contributed by atoms with Gasteiger partial charge in [0, 0.05) is 5.38 Å². The Hall–Kier alpha value is -1.04. The Morgan fingerprint density at radius 1 is 1.50 bits per heavy atom. The second kappa shape index (κ2) is 4.86. The third-order valence-electron chi connectivity index (χ3n) is 2.23. The van der Waals surface area contributed by atoms with Crippen molar-refractivity contribution in [2.45, 2.75) is 12.5 Å². The Bertz CT molecular complexity index is 475. The van der Waals surface area contributed by atoms with E-state index in [1.165, 1.54) is 17.6 Å². The summed E-state index contributed by atoms with van der Waals surface area (Å²) in [5, 5.41) is 5.72. The van der Waals surface area contributed by atoms with E-state index < -0.39 is 5.82 Å². The predicted octanol–water partition coefficient (Wildman–Crippen LogP) is 2.57. The Morgan fingerprint density at radius 3 is 3.00 bits per heavy atom. The van der Waals surface area contributed by atoms with E-state index in [0.717, 1.165) is 0 Å². The molecule has 0 saturated carbocycles. The smallest absolute Gasteiger partial charge is 0.145 e. The van der Waals surface area contributed by atoms with Gasteiger partial charge in [0.2, 0.25) is 0 Å². The number of nitrogens with zero attached hydrogens (tertiary/aromatic N) is 2. The lowest BCUT2D eigenvalue weighted by atomic mass is 10.0. The first-order valence-electron chi connectivity index (χ1n) is 4.64. The minimum absolute atomic E-state index is 0.112. The van der Waals surface area contributed by atoms with E-state index >= 15 is 0 Å². The minimum Gasteiger partial charge on any atom is -0.322 e. The molecule has 1 aromatic heterocycles. The molecule has 0 saturated heterocycles. The molecule has 84 valence electrons. The Kier molecular flexibility index (Phi) is 3.48. The number of rotatable bonds is 3. The molecule has 0 fully saturated rings. The fourth-order valence-corrected chi connectivity index (χ4v) is 2.09. The average molecular weight is 258 g/mol. The van der Waals surface area contributed by atoms with Gasteiger partial charge in [-0.3, -0.25) is 0 Å². The van der Waals surface area contributed by atoms with Crippen LogP contribution in [0.1, 0.15) is 17.3 Å². The maximum Gasteiger partial charge on any atom is 0.145 e. The molecule has 0 aliphatic heterocycles. The van der Waals surface area contributed by atoms with Gasteiger partial charge in [-0.05, 0) is 29.6 Å². The summed E-state index contributed by atoms with van der Waals surface area (Å²) >= 11 is 6.91. The van der Waals surface area contributed by atoms with Gasteiger partial charge in [-0.25, -0.2) is 4.39 Å². The molecule has 1 atom stereocenters. The van der Waals surface area contributed by atoms with Crippen molar-refractivity contribution >= 4 is 23.1 Å². The zero-order chi connectivity index (χ0) is 11.5. The van der Waals surface area contributed by atoms with Gasteiger partial charge in [0.05, 0.1) is 16.8 Å². The van der Waals surface area contributed by atoms with Crippen LogP contribution in [0.15, 0.2) is 23.6 Å². The van der Waals surface area contributed by atoms with Crippen molar-refractivity contribution in [1.29, 1.82) is 0 Å². The predicted molar refractivity (Wildman–Crippen MR) is 62.0 cm³/mol. The Morgan fingerprint density at radius 2 is 2.31 bits per heavy atom. The van der Waals surface area contributed by atoms with Crippen LogP contribution in [0.25, 0.3) is 0 Å². The lowest BCUT2D eigenvalue weighted by Gasteiger charge is -2.09. The van der Waals surface area contributed by atoms with Crippen molar-refractivity contribution in [3.8, 4) is 0 Å². The van der Waals surface area contributed by atoms with Gasteiger partial charge in [0.15, 0.2) is 0 Å². The first kappa shape index (κ1) is 11.4. The van der Waals surface area contributed by atoms with Crippen molar-refractivity contribution in [2.24, 2.45) is 5.73 Å². The van der Waals surface area contributed by atoms with Crippen LogP contribution >= 0.6 is 23.1 Å². The minimum atomic E-state index is -0.414. The summed E-state index contributed by atoms with van der Waals surface area (Å²) in [5.41, 5.74) is 7.05. The van der Waals surface area contributed by atoms with E-state index in [-0.39, 0.29) is 11.1 Å². The first-order chi connectivity index (χ1) is 7.68. The summed E-state index contributed by atoms with van der Waals surface area (Å²) in [7, 11) is 0. The van der Waals surface area contributed by atoms with Crippen molar-refractivity contribution in [3.63, 3.8) is 0 Å². The number of hydrogen-bond donors (Lipinski definition) is 1. The van der Waals surface area contributed by atoms with Crippen molar-refractivity contribution in [2.75, 3.05) is 0 Å². The van der Waals surface area contributed by atoms with E-state index in [9.17, 15) is 4.39 Å². The monoisotopic (exact) mass is 257 g/mol. The summed E-state index contributed by atoms with van der Waals surface area (Å²) < 4.78 is 17.3. The highest BCUT2D eigenvalue weighted by Crippen LogP contribution is 2.22. The number of benzene rings is 1. The molecular formula is C10H9ClFN3S. The van der Waals surface area contributed by atoms with Crippen LogP contribution in [0.4, 0.5) is 4.39 Å². The zero-order valence-corrected chi connectivity index (χ0v) is 9.80. The summed E-state index contributed by atoms with van der Waals surface area (Å²) in [6, 6.07) is 4.52. The third-order valence-corrected chi connectivity index (χ3v) is 3.04. The zero-order valence-electron chi connectivity index (χ0n) is 8.23. The molecule has 1 aromatic carbocycles. The SMILES string of the molecule is NC(Cc1cccc(Cl)c1F)c1csnn1. The van der Waals surface area contributed by atoms with E-state index in [2.05, 4.69) is 9.59 Å². The number of aromatic nitrogens is 2. The largest absolute Gasteiger partial charge is 0.322 e. The van der Waals surface area contributed by atoms with Gasteiger partial charge < -0.3 is 5.73 Å². The molecule has 0 aliphatic carbocycles. The number of halogens is 2. The second-order valence-corrected chi connectivity index (χ2v) is 4.37. The molecule has 6 heteroatoms. The molecule has 0 amide bonds. The van der Waals surface area contributed by atoms with Gasteiger partial charge in [0.25, 0.3) is 0 Å². The third kappa shape index (κ3) is 2.37. The Labute approximate surface area is 101 Å². The van der Waals surface area contributed by atoms with E-state index in [4.69, 9.17) is 17.3 Å². The molecule has 0 radical (unpaired) electrons. The van der Waals surface area contributed by atoms with Crippen molar-refractivity contribution in [3.05, 3.63) is 45.7 Å². The normalized spacial score (nSPS) is 12.7. The molecule has 1 unspecified atom stereocenters. The molecule has 2 aromatic rings. The molecule has 1 heterocycles. The summed E-state index contributed by atoms with van der Waals surface area (Å²) in [4.78, 5) is 0. The van der Waals surface area contributed by atoms with Crippen LogP contribution in [0.5, 0.6) is 0 Å². The maximum atomic E-state index is 13.6. The lowest BCUT2D eigenvalue weighted by Crippen LogP contribution is -2.14. The highest BCUT2D eigenvalue weighted by Gasteiger charge is 2.13. The molecule has 3 nitrogen and oxygen atoms in total. The highest BCUT2D eigenvalue weighted by molar-refractivity contribution is 7.03. The van der Waals surface area contributed by atoms with Gasteiger partial charge in [0.1, 0.15) is 5.82 Å². The van der Waals surface area contributed by atoms with Gasteiger partial charge in [-0.2, -0.15) is 0 Å². The number of nitrogens with two attached hydrogens (primary N) is 1. The maximum absolute atomic E-state index is 13.6. The highest BCUT2D eigenvalue weighted by atomic mass is 35.5. The van der Waals surface area contributed by atoms with Gasteiger partial charge in [-0.15, -0.1) is 5.10 Å². The summed E-state index contributed by atoms with van der Waals surface area (Å²) in [6.45, 7) is 0. The molecule has 2 rings (SSSR count). The molecule has 0 bridgehead atoms. The van der Waals surface area contributed by atoms with Crippen LogP contribution in [0.3, 0.4) is 0 Å². The fraction of sp³-hybridized carbons (Fsp3) is 0.200. The first-order valence-corrected chi connectivity index (χ1v) is 5.85. The summed E-state index contributed by atoms with van der Waals surface area (Å²) in [5.74, 6) is -0.414. The van der Waals surface area contributed by atoms with Gasteiger partial charge in [-0.1, -0.05) is 28.2 Å². The van der Waals surface area contributed by atoms with Crippen LogP contribution in [-0.2, 0) is 6.42 Å². The molecule has 0 aliphatic rings. The van der Waals surface area contributed by atoms with Crippen LogP contribution in [0.2, 0.25) is 5.02 Å². The fourth-order valence-electron chi connectivity index (χ4n) is 1.38. The summed E-state index contributed by atoms with van der Waals surface area (Å²) in [6.07, 6.45) is 0.359. The topological polar surface area (TPSA) is 51.8 Å². The van der Waals surface area contributed by atoms with Crippen molar-refractivity contribution < 1.29 is 4.39 Å². The van der Waals surface area contributed by atoms with Crippen molar-refractivity contribution in [1.82, 2.24) is 9.59 Å². The lowest BCUT2D eigenvalue weighted by molar-refractivity contribution is 0.590. The Balaban J connectivity index is 2.18.